The second kappa shape index (κ2) is 7.02. The highest BCUT2D eigenvalue weighted by Crippen LogP contribution is 2.29. The fourth-order valence-electron chi connectivity index (χ4n) is 3.50. The zero-order valence-electron chi connectivity index (χ0n) is 13.7. The molecule has 1 aliphatic heterocycles. The third kappa shape index (κ3) is 3.66. The second-order valence-corrected chi connectivity index (χ2v) is 6.42. The number of nitrogens with zero attached hydrogens (tertiary/aromatic N) is 1. The summed E-state index contributed by atoms with van der Waals surface area (Å²) in [5.41, 5.74) is 3.30. The van der Waals surface area contributed by atoms with Crippen molar-refractivity contribution < 1.29 is 9.59 Å². The zero-order valence-corrected chi connectivity index (χ0v) is 13.7. The lowest BCUT2D eigenvalue weighted by molar-refractivity contribution is -0.118. The van der Waals surface area contributed by atoms with E-state index >= 15 is 0 Å². The van der Waals surface area contributed by atoms with Crippen LogP contribution in [0.2, 0.25) is 0 Å². The van der Waals surface area contributed by atoms with Crippen molar-refractivity contribution in [1.82, 2.24) is 10.6 Å². The number of carbonyl (C=O) groups excluding carboxylic acids is 2. The van der Waals surface area contributed by atoms with Gasteiger partial charge in [0.15, 0.2) is 0 Å². The Bertz CT molecular complexity index is 594. The van der Waals surface area contributed by atoms with Crippen molar-refractivity contribution in [2.45, 2.75) is 58.0 Å². The summed E-state index contributed by atoms with van der Waals surface area (Å²) < 4.78 is 0. The number of carbonyl (C=O) groups is 2. The first-order valence-electron chi connectivity index (χ1n) is 8.64. The minimum absolute atomic E-state index is 0.0832. The molecule has 0 saturated heterocycles. The number of nitrogens with one attached hydrogen (secondary N) is 2. The van der Waals surface area contributed by atoms with Crippen LogP contribution in [0.3, 0.4) is 0 Å². The first-order valence-corrected chi connectivity index (χ1v) is 8.64. The third-order valence-electron chi connectivity index (χ3n) is 4.79. The van der Waals surface area contributed by atoms with Gasteiger partial charge in [0.25, 0.3) is 0 Å². The molecule has 5 heteroatoms. The van der Waals surface area contributed by atoms with Gasteiger partial charge in [-0.1, -0.05) is 31.9 Å². The number of hydrogen-bond donors (Lipinski definition) is 2. The van der Waals surface area contributed by atoms with Gasteiger partial charge in [-0.25, -0.2) is 4.79 Å². The summed E-state index contributed by atoms with van der Waals surface area (Å²) in [4.78, 5) is 25.7. The van der Waals surface area contributed by atoms with Crippen LogP contribution in [0.5, 0.6) is 0 Å². The highest BCUT2D eigenvalue weighted by Gasteiger charge is 2.23. The van der Waals surface area contributed by atoms with Crippen molar-refractivity contribution in [3.63, 3.8) is 0 Å². The minimum atomic E-state index is -0.0832. The molecule has 0 spiro atoms. The van der Waals surface area contributed by atoms with Crippen LogP contribution in [0.15, 0.2) is 18.2 Å². The van der Waals surface area contributed by atoms with Gasteiger partial charge >= 0.3 is 6.03 Å². The lowest BCUT2D eigenvalue weighted by Gasteiger charge is -2.17. The largest absolute Gasteiger partial charge is 0.335 e. The third-order valence-corrected chi connectivity index (χ3v) is 4.79. The van der Waals surface area contributed by atoms with E-state index in [0.717, 1.165) is 37.1 Å². The Balaban J connectivity index is 1.55. The minimum Gasteiger partial charge on any atom is -0.335 e. The highest BCUT2D eigenvalue weighted by atomic mass is 16.2. The number of hydrogen-bond acceptors (Lipinski definition) is 2. The maximum Gasteiger partial charge on any atom is 0.315 e. The molecule has 0 aromatic heterocycles. The Morgan fingerprint density at radius 1 is 1.26 bits per heavy atom. The van der Waals surface area contributed by atoms with E-state index in [1.54, 1.807) is 0 Å². The van der Waals surface area contributed by atoms with E-state index in [-0.39, 0.29) is 11.9 Å². The van der Waals surface area contributed by atoms with Crippen molar-refractivity contribution in [3.05, 3.63) is 29.3 Å². The first-order chi connectivity index (χ1) is 11.2. The summed E-state index contributed by atoms with van der Waals surface area (Å²) in [6.45, 7) is 3.18. The van der Waals surface area contributed by atoms with E-state index in [1.807, 2.05) is 24.0 Å². The molecule has 0 bridgehead atoms. The van der Waals surface area contributed by atoms with Crippen molar-refractivity contribution in [1.29, 1.82) is 0 Å². The fourth-order valence-corrected chi connectivity index (χ4v) is 3.50. The Hall–Kier alpha value is -2.04. The highest BCUT2D eigenvalue weighted by molar-refractivity contribution is 5.95. The molecular formula is C18H25N3O2. The molecule has 3 amide bonds. The van der Waals surface area contributed by atoms with Crippen molar-refractivity contribution in [2.24, 2.45) is 0 Å². The van der Waals surface area contributed by atoms with Gasteiger partial charge in [0.1, 0.15) is 0 Å². The lowest BCUT2D eigenvalue weighted by Crippen LogP contribution is -2.40. The van der Waals surface area contributed by atoms with Gasteiger partial charge in [-0.2, -0.15) is 0 Å². The predicted octanol–water partition coefficient (Wildman–Crippen LogP) is 2.73. The van der Waals surface area contributed by atoms with Crippen LogP contribution in [0.25, 0.3) is 0 Å². The molecule has 2 aliphatic rings. The molecule has 1 aliphatic carbocycles. The first kappa shape index (κ1) is 15.8. The quantitative estimate of drug-likeness (QED) is 0.897. The summed E-state index contributed by atoms with van der Waals surface area (Å²) in [7, 11) is 0. The monoisotopic (exact) mass is 315 g/mol. The lowest BCUT2D eigenvalue weighted by atomic mass is 10.1. The average Bonchev–Trinajstić information content (AvgIpc) is 3.21. The van der Waals surface area contributed by atoms with Crippen molar-refractivity contribution in [2.75, 3.05) is 11.4 Å². The predicted molar refractivity (Wildman–Crippen MR) is 90.4 cm³/mol. The number of rotatable bonds is 4. The van der Waals surface area contributed by atoms with E-state index in [1.165, 1.54) is 18.4 Å². The molecule has 0 radical (unpaired) electrons. The summed E-state index contributed by atoms with van der Waals surface area (Å²) in [6.07, 6.45) is 6.03. The van der Waals surface area contributed by atoms with Gasteiger partial charge < -0.3 is 15.5 Å². The summed E-state index contributed by atoms with van der Waals surface area (Å²) >= 11 is 0. The average molecular weight is 315 g/mol. The summed E-state index contributed by atoms with van der Waals surface area (Å²) in [5.74, 6) is 0.172. The number of urea groups is 1. The zero-order chi connectivity index (χ0) is 16.2. The van der Waals surface area contributed by atoms with Gasteiger partial charge in [0.2, 0.25) is 5.91 Å². The number of benzene rings is 1. The Kier molecular flexibility index (Phi) is 4.84. The Labute approximate surface area is 137 Å². The summed E-state index contributed by atoms with van der Waals surface area (Å²) in [5, 5.41) is 5.96. The molecule has 3 rings (SSSR count). The molecule has 1 fully saturated rings. The van der Waals surface area contributed by atoms with E-state index in [0.29, 0.717) is 19.0 Å². The topological polar surface area (TPSA) is 61.4 Å². The van der Waals surface area contributed by atoms with Gasteiger partial charge in [0, 0.05) is 31.2 Å². The maximum absolute atomic E-state index is 11.9. The van der Waals surface area contributed by atoms with Gasteiger partial charge in [-0.3, -0.25) is 4.79 Å². The van der Waals surface area contributed by atoms with Gasteiger partial charge in [-0.05, 0) is 36.5 Å². The van der Waals surface area contributed by atoms with E-state index in [4.69, 9.17) is 0 Å². The van der Waals surface area contributed by atoms with Gasteiger partial charge in [0.05, 0.1) is 0 Å². The second-order valence-electron chi connectivity index (χ2n) is 6.42. The summed E-state index contributed by atoms with van der Waals surface area (Å²) in [6, 6.07) is 6.36. The molecule has 0 atom stereocenters. The van der Waals surface area contributed by atoms with E-state index in [2.05, 4.69) is 16.7 Å². The molecule has 124 valence electrons. The fraction of sp³-hybridized carbons (Fsp3) is 0.556. The Morgan fingerprint density at radius 3 is 2.78 bits per heavy atom. The molecular weight excluding hydrogens is 290 g/mol. The van der Waals surface area contributed by atoms with E-state index in [9.17, 15) is 9.59 Å². The van der Waals surface area contributed by atoms with Crippen LogP contribution < -0.4 is 15.5 Å². The normalized spacial score (nSPS) is 17.2. The number of anilines is 1. The molecule has 23 heavy (non-hydrogen) atoms. The molecule has 0 unspecified atom stereocenters. The van der Waals surface area contributed by atoms with Crippen molar-refractivity contribution >= 4 is 17.6 Å². The molecule has 1 aromatic rings. The van der Waals surface area contributed by atoms with Crippen LogP contribution >= 0.6 is 0 Å². The maximum atomic E-state index is 11.9. The molecule has 1 heterocycles. The molecule has 1 saturated carbocycles. The van der Waals surface area contributed by atoms with Crippen LogP contribution in [0, 0.1) is 0 Å². The smallest absolute Gasteiger partial charge is 0.315 e. The number of fused-ring (bicyclic) bond motifs is 1. The van der Waals surface area contributed by atoms with Crippen molar-refractivity contribution in [3.8, 4) is 0 Å². The van der Waals surface area contributed by atoms with E-state index < -0.39 is 0 Å². The molecule has 5 nitrogen and oxygen atoms in total. The Morgan fingerprint density at radius 2 is 2.04 bits per heavy atom. The van der Waals surface area contributed by atoms with Crippen LogP contribution in [0.4, 0.5) is 10.5 Å². The molecule has 1 aromatic carbocycles. The molecule has 2 N–H and O–H groups in total. The van der Waals surface area contributed by atoms with Crippen LogP contribution in [-0.4, -0.2) is 24.5 Å². The standard InChI is InChI=1S/C18H25N3O2/c1-2-17(22)21-10-9-14-11-13(7-8-16(14)21)12-19-18(23)20-15-5-3-4-6-15/h7-8,11,15H,2-6,9-10,12H2,1H3,(H2,19,20,23). The van der Waals surface area contributed by atoms with Gasteiger partial charge in [-0.15, -0.1) is 0 Å². The van der Waals surface area contributed by atoms with Crippen LogP contribution in [-0.2, 0) is 17.8 Å². The number of amides is 3. The van der Waals surface area contributed by atoms with Crippen LogP contribution in [0.1, 0.15) is 50.2 Å². The SMILES string of the molecule is CCC(=O)N1CCc2cc(CNC(=O)NC3CCCC3)ccc21.